The van der Waals surface area contributed by atoms with E-state index in [4.69, 9.17) is 4.74 Å². The van der Waals surface area contributed by atoms with Gasteiger partial charge in [0.25, 0.3) is 0 Å². The van der Waals surface area contributed by atoms with Crippen molar-refractivity contribution in [3.05, 3.63) is 35.9 Å². The van der Waals surface area contributed by atoms with Gasteiger partial charge < -0.3 is 4.74 Å². The van der Waals surface area contributed by atoms with Gasteiger partial charge in [-0.25, -0.2) is 0 Å². The van der Waals surface area contributed by atoms with E-state index in [1.165, 1.54) is 5.56 Å². The number of hydrogen-bond donors (Lipinski definition) is 0. The Morgan fingerprint density at radius 3 is 2.18 bits per heavy atom. The number of hydrogen-bond acceptors (Lipinski definition) is 2. The monoisotopic (exact) mass is 234 g/mol. The summed E-state index contributed by atoms with van der Waals surface area (Å²) in [6.07, 6.45) is 0.422. The molecule has 0 bridgehead atoms. The fourth-order valence-corrected chi connectivity index (χ4v) is 1.93. The zero-order chi connectivity index (χ0) is 12.8. The molecule has 17 heavy (non-hydrogen) atoms. The number of esters is 1. The van der Waals surface area contributed by atoms with Crippen LogP contribution in [0.3, 0.4) is 0 Å². The van der Waals surface area contributed by atoms with Gasteiger partial charge in [-0.05, 0) is 31.2 Å². The Hall–Kier alpha value is -1.31. The van der Waals surface area contributed by atoms with Crippen LogP contribution in [-0.4, -0.2) is 12.1 Å². The van der Waals surface area contributed by atoms with E-state index in [9.17, 15) is 4.79 Å². The first-order valence-corrected chi connectivity index (χ1v) is 6.25. The first-order chi connectivity index (χ1) is 8.00. The summed E-state index contributed by atoms with van der Waals surface area (Å²) in [4.78, 5) is 11.7. The van der Waals surface area contributed by atoms with Crippen LogP contribution in [0.25, 0.3) is 0 Å². The zero-order valence-electron chi connectivity index (χ0n) is 11.1. The highest BCUT2D eigenvalue weighted by Gasteiger charge is 2.20. The fourth-order valence-electron chi connectivity index (χ4n) is 1.93. The minimum absolute atomic E-state index is 0.0360. The molecule has 0 saturated carbocycles. The average Bonchev–Trinajstić information content (AvgIpc) is 2.25. The minimum Gasteiger partial charge on any atom is -0.463 e. The molecular weight excluding hydrogens is 212 g/mol. The molecule has 0 aliphatic rings. The van der Waals surface area contributed by atoms with Crippen molar-refractivity contribution in [1.82, 2.24) is 0 Å². The molecule has 0 aliphatic carbocycles. The van der Waals surface area contributed by atoms with Crippen molar-refractivity contribution in [2.75, 3.05) is 0 Å². The third-order valence-corrected chi connectivity index (χ3v) is 2.79. The molecule has 0 fully saturated rings. The fraction of sp³-hybridized carbons (Fsp3) is 0.533. The second kappa shape index (κ2) is 6.43. The van der Waals surface area contributed by atoms with Crippen molar-refractivity contribution in [3.63, 3.8) is 0 Å². The first kappa shape index (κ1) is 13.8. The first-order valence-electron chi connectivity index (χ1n) is 6.25. The van der Waals surface area contributed by atoms with E-state index in [1.54, 1.807) is 0 Å². The van der Waals surface area contributed by atoms with E-state index in [1.807, 2.05) is 32.0 Å². The van der Waals surface area contributed by atoms with E-state index < -0.39 is 0 Å². The van der Waals surface area contributed by atoms with E-state index in [0.29, 0.717) is 12.3 Å². The second-order valence-corrected chi connectivity index (χ2v) is 5.00. The molecule has 2 heteroatoms. The standard InChI is InChI=1S/C15H22O2/c1-11(2)14(10-15(16)17-12(3)4)13-8-6-5-7-9-13/h5-9,11-12,14H,10H2,1-4H3/t14-/m1/s1. The maximum atomic E-state index is 11.7. The number of carbonyl (C=O) groups excluding carboxylic acids is 1. The summed E-state index contributed by atoms with van der Waals surface area (Å²) in [6.45, 7) is 8.04. The van der Waals surface area contributed by atoms with Crippen LogP contribution in [0, 0.1) is 5.92 Å². The Morgan fingerprint density at radius 2 is 1.71 bits per heavy atom. The van der Waals surface area contributed by atoms with E-state index >= 15 is 0 Å². The van der Waals surface area contributed by atoms with Crippen LogP contribution >= 0.6 is 0 Å². The van der Waals surface area contributed by atoms with Crippen molar-refractivity contribution < 1.29 is 9.53 Å². The Balaban J connectivity index is 2.71. The maximum Gasteiger partial charge on any atom is 0.306 e. The van der Waals surface area contributed by atoms with Crippen molar-refractivity contribution in [1.29, 1.82) is 0 Å². The Kier molecular flexibility index (Phi) is 5.20. The summed E-state index contributed by atoms with van der Waals surface area (Å²) >= 11 is 0. The highest BCUT2D eigenvalue weighted by molar-refractivity contribution is 5.70. The number of benzene rings is 1. The average molecular weight is 234 g/mol. The van der Waals surface area contributed by atoms with Crippen LogP contribution in [0.15, 0.2) is 30.3 Å². The van der Waals surface area contributed by atoms with Crippen LogP contribution in [0.2, 0.25) is 0 Å². The van der Waals surface area contributed by atoms with Crippen LogP contribution in [0.1, 0.15) is 45.6 Å². The molecule has 0 aromatic heterocycles. The molecule has 0 aliphatic heterocycles. The molecular formula is C15H22O2. The molecule has 0 spiro atoms. The molecule has 0 saturated heterocycles. The topological polar surface area (TPSA) is 26.3 Å². The van der Waals surface area contributed by atoms with Crippen molar-refractivity contribution in [2.45, 2.75) is 46.1 Å². The van der Waals surface area contributed by atoms with Crippen molar-refractivity contribution in [2.24, 2.45) is 5.92 Å². The second-order valence-electron chi connectivity index (χ2n) is 5.00. The molecule has 1 aromatic rings. The summed E-state index contributed by atoms with van der Waals surface area (Å²) in [5.41, 5.74) is 1.21. The smallest absolute Gasteiger partial charge is 0.306 e. The largest absolute Gasteiger partial charge is 0.463 e. The zero-order valence-corrected chi connectivity index (χ0v) is 11.1. The van der Waals surface area contributed by atoms with E-state index in [2.05, 4.69) is 26.0 Å². The Morgan fingerprint density at radius 1 is 1.12 bits per heavy atom. The van der Waals surface area contributed by atoms with Gasteiger partial charge in [0.05, 0.1) is 12.5 Å². The van der Waals surface area contributed by atoms with Gasteiger partial charge in [-0.15, -0.1) is 0 Å². The van der Waals surface area contributed by atoms with Gasteiger partial charge in [-0.2, -0.15) is 0 Å². The molecule has 1 aromatic carbocycles. The molecule has 0 N–H and O–H groups in total. The minimum atomic E-state index is -0.109. The number of rotatable bonds is 5. The highest BCUT2D eigenvalue weighted by Crippen LogP contribution is 2.28. The van der Waals surface area contributed by atoms with E-state index in [-0.39, 0.29) is 18.0 Å². The quantitative estimate of drug-likeness (QED) is 0.725. The predicted octanol–water partition coefficient (Wildman–Crippen LogP) is 3.77. The lowest BCUT2D eigenvalue weighted by Gasteiger charge is -2.21. The molecule has 0 radical (unpaired) electrons. The van der Waals surface area contributed by atoms with Crippen LogP contribution in [0.5, 0.6) is 0 Å². The van der Waals surface area contributed by atoms with Crippen LogP contribution < -0.4 is 0 Å². The molecule has 0 heterocycles. The van der Waals surface area contributed by atoms with Gasteiger partial charge in [-0.1, -0.05) is 44.2 Å². The molecule has 0 amide bonds. The van der Waals surface area contributed by atoms with Crippen molar-refractivity contribution in [3.8, 4) is 0 Å². The van der Waals surface area contributed by atoms with E-state index in [0.717, 1.165) is 0 Å². The Labute approximate surface area is 104 Å². The lowest BCUT2D eigenvalue weighted by Crippen LogP contribution is -2.17. The third kappa shape index (κ3) is 4.59. The predicted molar refractivity (Wildman–Crippen MR) is 69.9 cm³/mol. The van der Waals surface area contributed by atoms with Crippen molar-refractivity contribution >= 4 is 5.97 Å². The van der Waals surface area contributed by atoms with Crippen LogP contribution in [0.4, 0.5) is 0 Å². The SMILES string of the molecule is CC(C)OC(=O)C[C@@H](c1ccccc1)C(C)C. The number of carbonyl (C=O) groups is 1. The lowest BCUT2D eigenvalue weighted by molar-refractivity contribution is -0.148. The van der Waals surface area contributed by atoms with Gasteiger partial charge in [0, 0.05) is 0 Å². The van der Waals surface area contributed by atoms with Gasteiger partial charge >= 0.3 is 5.97 Å². The summed E-state index contributed by atoms with van der Waals surface area (Å²) in [5, 5.41) is 0. The molecule has 94 valence electrons. The molecule has 1 atom stereocenters. The van der Waals surface area contributed by atoms with Gasteiger partial charge in [0.15, 0.2) is 0 Å². The normalized spacial score (nSPS) is 12.8. The van der Waals surface area contributed by atoms with Gasteiger partial charge in [0.1, 0.15) is 0 Å². The molecule has 0 unspecified atom stereocenters. The number of ether oxygens (including phenoxy) is 1. The maximum absolute atomic E-state index is 11.7. The molecule has 2 nitrogen and oxygen atoms in total. The highest BCUT2D eigenvalue weighted by atomic mass is 16.5. The molecule has 1 rings (SSSR count). The summed E-state index contributed by atoms with van der Waals surface area (Å²) < 4.78 is 5.21. The lowest BCUT2D eigenvalue weighted by atomic mass is 9.86. The van der Waals surface area contributed by atoms with Gasteiger partial charge in [0.2, 0.25) is 0 Å². The Bertz CT molecular complexity index is 341. The van der Waals surface area contributed by atoms with Gasteiger partial charge in [-0.3, -0.25) is 4.79 Å². The summed E-state index contributed by atoms with van der Waals surface area (Å²) in [5.74, 6) is 0.558. The summed E-state index contributed by atoms with van der Waals surface area (Å²) in [7, 11) is 0. The summed E-state index contributed by atoms with van der Waals surface area (Å²) in [6, 6.07) is 10.2. The third-order valence-electron chi connectivity index (χ3n) is 2.79. The van der Waals surface area contributed by atoms with Crippen LogP contribution in [-0.2, 0) is 9.53 Å².